The van der Waals surface area contributed by atoms with Gasteiger partial charge in [-0.2, -0.15) is 0 Å². The van der Waals surface area contributed by atoms with Crippen LogP contribution in [-0.4, -0.2) is 15.7 Å². The molecule has 0 spiro atoms. The van der Waals surface area contributed by atoms with Crippen molar-refractivity contribution >= 4 is 32.5 Å². The maximum absolute atomic E-state index is 12.7. The molecule has 0 N–H and O–H groups in total. The fourth-order valence-electron chi connectivity index (χ4n) is 1.51. The first kappa shape index (κ1) is 10.9. The Kier molecular flexibility index (Phi) is 2.72. The topological polar surface area (TPSA) is 34.1 Å². The number of ketones is 1. The molecule has 1 aromatic rings. The van der Waals surface area contributed by atoms with Gasteiger partial charge in [-0.15, -0.1) is 0 Å². The van der Waals surface area contributed by atoms with Gasteiger partial charge in [0.25, 0.3) is 6.43 Å². The molecule has 0 aromatic heterocycles. The van der Waals surface area contributed by atoms with Crippen molar-refractivity contribution in [2.45, 2.75) is 11.3 Å². The van der Waals surface area contributed by atoms with Crippen LogP contribution >= 0.6 is 15.9 Å². The molecule has 15 heavy (non-hydrogen) atoms. The van der Waals surface area contributed by atoms with Crippen LogP contribution in [0.5, 0.6) is 0 Å². The molecule has 0 radical (unpaired) electrons. The van der Waals surface area contributed by atoms with E-state index in [9.17, 15) is 17.8 Å². The number of rotatable bonds is 1. The van der Waals surface area contributed by atoms with Gasteiger partial charge in [-0.05, 0) is 12.1 Å². The maximum Gasteiger partial charge on any atom is 0.266 e. The van der Waals surface area contributed by atoms with Crippen LogP contribution in [-0.2, 0) is 10.8 Å². The van der Waals surface area contributed by atoms with Crippen LogP contribution in [0.4, 0.5) is 8.78 Å². The molecular weight excluding hydrogens is 290 g/mol. The fourth-order valence-corrected chi connectivity index (χ4v) is 3.56. The lowest BCUT2D eigenvalue weighted by atomic mass is 10.1. The summed E-state index contributed by atoms with van der Waals surface area (Å²) in [6, 6.07) is 2.82. The highest BCUT2D eigenvalue weighted by molar-refractivity contribution is 9.10. The van der Waals surface area contributed by atoms with E-state index >= 15 is 0 Å². The Bertz CT molecular complexity index is 473. The molecule has 0 amide bonds. The van der Waals surface area contributed by atoms with E-state index in [0.29, 0.717) is 0 Å². The number of Topliss-reactive ketones (excluding diaryl/α,β-unsaturated/α-hetero) is 1. The van der Waals surface area contributed by atoms with Crippen molar-refractivity contribution in [1.29, 1.82) is 0 Å². The Morgan fingerprint density at radius 1 is 1.40 bits per heavy atom. The van der Waals surface area contributed by atoms with Crippen molar-refractivity contribution in [1.82, 2.24) is 0 Å². The first-order valence-electron chi connectivity index (χ1n) is 4.04. The molecule has 1 aliphatic rings. The second-order valence-electron chi connectivity index (χ2n) is 3.05. The molecule has 0 saturated heterocycles. The van der Waals surface area contributed by atoms with E-state index in [2.05, 4.69) is 15.9 Å². The third-order valence-corrected chi connectivity index (χ3v) is 4.26. The van der Waals surface area contributed by atoms with E-state index in [1.54, 1.807) is 0 Å². The van der Waals surface area contributed by atoms with Crippen molar-refractivity contribution in [2.24, 2.45) is 0 Å². The van der Waals surface area contributed by atoms with Crippen molar-refractivity contribution in [2.75, 3.05) is 5.75 Å². The van der Waals surface area contributed by atoms with Crippen LogP contribution in [0, 0.1) is 0 Å². The largest absolute Gasteiger partial charge is 0.293 e. The lowest BCUT2D eigenvalue weighted by Crippen LogP contribution is -1.97. The lowest BCUT2D eigenvalue weighted by Gasteiger charge is -2.07. The van der Waals surface area contributed by atoms with E-state index in [-0.39, 0.29) is 32.0 Å². The van der Waals surface area contributed by atoms with Gasteiger partial charge in [0.15, 0.2) is 5.78 Å². The number of alkyl halides is 2. The molecule has 1 unspecified atom stereocenters. The predicted molar refractivity (Wildman–Crippen MR) is 54.7 cm³/mol. The summed E-state index contributed by atoms with van der Waals surface area (Å²) < 4.78 is 37.1. The third-order valence-electron chi connectivity index (χ3n) is 2.15. The van der Waals surface area contributed by atoms with E-state index in [1.165, 1.54) is 12.1 Å². The first-order chi connectivity index (χ1) is 7.02. The molecular formula is C9H5BrF2O2S. The third kappa shape index (κ3) is 1.65. The zero-order valence-corrected chi connectivity index (χ0v) is 9.70. The van der Waals surface area contributed by atoms with Gasteiger partial charge < -0.3 is 0 Å². The highest BCUT2D eigenvalue weighted by atomic mass is 79.9. The molecule has 80 valence electrons. The minimum atomic E-state index is -2.73. The minimum absolute atomic E-state index is 0.00984. The Hall–Kier alpha value is -0.620. The average molecular weight is 295 g/mol. The molecule has 6 heteroatoms. The van der Waals surface area contributed by atoms with Crippen molar-refractivity contribution < 1.29 is 17.8 Å². The number of hydrogen-bond donors (Lipinski definition) is 0. The Morgan fingerprint density at radius 2 is 2.07 bits per heavy atom. The normalized spacial score (nSPS) is 19.7. The molecule has 1 heterocycles. The molecule has 2 rings (SSSR count). The van der Waals surface area contributed by atoms with Gasteiger partial charge in [0.2, 0.25) is 0 Å². The fraction of sp³-hybridized carbons (Fsp3) is 0.222. The predicted octanol–water partition coefficient (Wildman–Crippen LogP) is 2.69. The summed E-state index contributed by atoms with van der Waals surface area (Å²) in [5.74, 6) is -0.524. The molecule has 2 nitrogen and oxygen atoms in total. The van der Waals surface area contributed by atoms with E-state index < -0.39 is 17.2 Å². The second kappa shape index (κ2) is 3.75. The van der Waals surface area contributed by atoms with Gasteiger partial charge in [0, 0.05) is 15.6 Å². The summed E-state index contributed by atoms with van der Waals surface area (Å²) in [6.07, 6.45) is -2.73. The molecule has 0 fully saturated rings. The summed E-state index contributed by atoms with van der Waals surface area (Å²) >= 11 is 2.97. The number of benzene rings is 1. The highest BCUT2D eigenvalue weighted by Gasteiger charge is 2.32. The smallest absolute Gasteiger partial charge is 0.266 e. The monoisotopic (exact) mass is 294 g/mol. The summed E-state index contributed by atoms with van der Waals surface area (Å²) in [7, 11) is -1.63. The van der Waals surface area contributed by atoms with Crippen LogP contribution in [0.25, 0.3) is 0 Å². The zero-order valence-electron chi connectivity index (χ0n) is 7.30. The standard InChI is InChI=1S/C9H5BrF2O2S/c10-5-2-1-4-6(13)3-15(14)8(4)7(5)9(11)12/h1-2,9H,3H2. The molecule has 0 bridgehead atoms. The van der Waals surface area contributed by atoms with Crippen LogP contribution in [0.3, 0.4) is 0 Å². The first-order valence-corrected chi connectivity index (χ1v) is 6.15. The number of carbonyl (C=O) groups excluding carboxylic acids is 1. The zero-order chi connectivity index (χ0) is 11.2. The molecule has 1 aromatic carbocycles. The Labute approximate surface area is 95.3 Å². The summed E-state index contributed by atoms with van der Waals surface area (Å²) in [5, 5.41) is 0. The van der Waals surface area contributed by atoms with E-state index in [1.807, 2.05) is 0 Å². The van der Waals surface area contributed by atoms with Gasteiger partial charge in [-0.3, -0.25) is 9.00 Å². The minimum Gasteiger partial charge on any atom is -0.293 e. The van der Waals surface area contributed by atoms with E-state index in [4.69, 9.17) is 0 Å². The lowest BCUT2D eigenvalue weighted by molar-refractivity contribution is 0.102. The number of hydrogen-bond acceptors (Lipinski definition) is 2. The van der Waals surface area contributed by atoms with Crippen molar-refractivity contribution in [3.8, 4) is 0 Å². The second-order valence-corrected chi connectivity index (χ2v) is 5.29. The van der Waals surface area contributed by atoms with Gasteiger partial charge in [-0.1, -0.05) is 15.9 Å². The summed E-state index contributed by atoms with van der Waals surface area (Å²) in [5.41, 5.74) is -0.163. The SMILES string of the molecule is O=C1CS(=O)c2c1ccc(Br)c2C(F)F. The number of halogens is 3. The molecule has 1 atom stereocenters. The van der Waals surface area contributed by atoms with Crippen molar-refractivity contribution in [3.05, 3.63) is 27.7 Å². The Morgan fingerprint density at radius 3 is 2.67 bits per heavy atom. The van der Waals surface area contributed by atoms with Crippen molar-refractivity contribution in [3.63, 3.8) is 0 Å². The maximum atomic E-state index is 12.7. The molecule has 0 aliphatic carbocycles. The van der Waals surface area contributed by atoms with Gasteiger partial charge in [0.1, 0.15) is 0 Å². The van der Waals surface area contributed by atoms with Crippen LogP contribution in [0.2, 0.25) is 0 Å². The quantitative estimate of drug-likeness (QED) is 0.798. The van der Waals surface area contributed by atoms with Crippen LogP contribution < -0.4 is 0 Å². The van der Waals surface area contributed by atoms with Crippen LogP contribution in [0.1, 0.15) is 22.3 Å². The number of fused-ring (bicyclic) bond motifs is 1. The summed E-state index contributed by atoms with van der Waals surface area (Å²) in [6.45, 7) is 0. The molecule has 1 aliphatic heterocycles. The number of carbonyl (C=O) groups is 1. The highest BCUT2D eigenvalue weighted by Crippen LogP contribution is 2.37. The van der Waals surface area contributed by atoms with Gasteiger partial charge >= 0.3 is 0 Å². The summed E-state index contributed by atoms with van der Waals surface area (Å²) in [4.78, 5) is 11.3. The molecule has 0 saturated carbocycles. The van der Waals surface area contributed by atoms with Crippen LogP contribution in [0.15, 0.2) is 21.5 Å². The Balaban J connectivity index is 2.76. The van der Waals surface area contributed by atoms with E-state index in [0.717, 1.165) is 0 Å². The van der Waals surface area contributed by atoms with Gasteiger partial charge in [0.05, 0.1) is 21.4 Å². The average Bonchev–Trinajstić information content (AvgIpc) is 2.41. The van der Waals surface area contributed by atoms with Gasteiger partial charge in [-0.25, -0.2) is 8.78 Å².